The van der Waals surface area contributed by atoms with Gasteiger partial charge in [0.15, 0.2) is 0 Å². The topological polar surface area (TPSA) is 37.3 Å². The Kier molecular flexibility index (Phi) is 8.09. The first-order chi connectivity index (χ1) is 1.73. The molecule has 0 saturated heterocycles. The van der Waals surface area contributed by atoms with E-state index in [-0.39, 0.29) is 7.43 Å². The Labute approximate surface area is 38.7 Å². The van der Waals surface area contributed by atoms with Gasteiger partial charge in [-0.2, -0.15) is 0 Å². The number of hydrogen-bond donors (Lipinski definition) is 2. The predicted octanol–water partition coefficient (Wildman–Crippen LogP) is 0.689. The average molecular weight is 114 g/mol. The molecular formula is CH6O2S2. The lowest BCUT2D eigenvalue weighted by Gasteiger charge is -1.58. The minimum absolute atomic E-state index is 0. The van der Waals surface area contributed by atoms with Crippen LogP contribution in [0.5, 0.6) is 0 Å². The standard InChI is InChI=1S/CH4.H2O2S2/c;1-4(2)3/h1H4;(H2,1,2,3). The van der Waals surface area contributed by atoms with Crippen molar-refractivity contribution in [2.24, 2.45) is 0 Å². The molecule has 0 amide bonds. The summed E-state index contributed by atoms with van der Waals surface area (Å²) in [6.07, 6.45) is 0. The molecule has 34 valence electrons. The van der Waals surface area contributed by atoms with Gasteiger partial charge in [-0.1, -0.05) is 7.43 Å². The van der Waals surface area contributed by atoms with Gasteiger partial charge in [0.1, 0.15) is 0 Å². The van der Waals surface area contributed by atoms with Crippen LogP contribution >= 0.6 is 11.7 Å². The van der Waals surface area contributed by atoms with Crippen LogP contribution < -0.4 is 0 Å². The molecule has 0 radical (unpaired) electrons. The Morgan fingerprint density at radius 1 is 1.80 bits per heavy atom. The molecule has 0 fully saturated rings. The van der Waals surface area contributed by atoms with Crippen LogP contribution in [0.2, 0.25) is 0 Å². The van der Waals surface area contributed by atoms with Gasteiger partial charge in [-0.05, 0) is 11.7 Å². The van der Waals surface area contributed by atoms with Crippen LogP contribution in [0.1, 0.15) is 7.43 Å². The molecule has 0 spiro atoms. The van der Waals surface area contributed by atoms with Gasteiger partial charge in [0.2, 0.25) is 10.1 Å². The molecule has 2 nitrogen and oxygen atoms in total. The first-order valence-electron chi connectivity index (χ1n) is 0.532. The highest BCUT2D eigenvalue weighted by molar-refractivity contribution is 8.57. The third-order valence-electron chi connectivity index (χ3n) is 0. The Bertz CT molecular complexity index is 30.6. The highest BCUT2D eigenvalue weighted by Gasteiger charge is 1.61. The zero-order valence-corrected chi connectivity index (χ0v) is 3.42. The van der Waals surface area contributed by atoms with Crippen LogP contribution in [-0.4, -0.2) is 8.76 Å². The molecule has 0 aliphatic rings. The second-order valence-electron chi connectivity index (χ2n) is 0.231. The van der Waals surface area contributed by atoms with Crippen molar-refractivity contribution in [2.75, 3.05) is 0 Å². The zero-order chi connectivity index (χ0) is 3.58. The molecule has 1 N–H and O–H groups in total. The van der Waals surface area contributed by atoms with Gasteiger partial charge in [0, 0.05) is 0 Å². The number of thiol groups is 1. The normalized spacial score (nSPS) is 12.4. The Balaban J connectivity index is 0. The summed E-state index contributed by atoms with van der Waals surface area (Å²) in [7, 11) is -1.92. The third kappa shape index (κ3) is 128. The van der Waals surface area contributed by atoms with Crippen LogP contribution in [0.4, 0.5) is 0 Å². The summed E-state index contributed by atoms with van der Waals surface area (Å²) >= 11 is 2.99. The molecule has 5 heavy (non-hydrogen) atoms. The van der Waals surface area contributed by atoms with E-state index in [1.807, 2.05) is 0 Å². The van der Waals surface area contributed by atoms with Gasteiger partial charge >= 0.3 is 0 Å². The lowest BCUT2D eigenvalue weighted by atomic mass is 12.0. The molecule has 0 bridgehead atoms. The maximum absolute atomic E-state index is 8.98. The summed E-state index contributed by atoms with van der Waals surface area (Å²) < 4.78 is 16.4. The molecule has 0 aromatic carbocycles. The van der Waals surface area contributed by atoms with Crippen molar-refractivity contribution in [3.63, 3.8) is 0 Å². The maximum atomic E-state index is 8.98. The number of hydrogen-bond acceptors (Lipinski definition) is 1. The van der Waals surface area contributed by atoms with Crippen molar-refractivity contribution < 1.29 is 8.76 Å². The summed E-state index contributed by atoms with van der Waals surface area (Å²) in [5.74, 6) is 0. The van der Waals surface area contributed by atoms with Gasteiger partial charge < -0.3 is 0 Å². The molecule has 0 aromatic rings. The summed E-state index contributed by atoms with van der Waals surface area (Å²) in [5.41, 5.74) is 0. The van der Waals surface area contributed by atoms with Crippen molar-refractivity contribution in [1.29, 1.82) is 0 Å². The van der Waals surface area contributed by atoms with Crippen molar-refractivity contribution in [3.05, 3.63) is 0 Å². The van der Waals surface area contributed by atoms with E-state index in [9.17, 15) is 0 Å². The van der Waals surface area contributed by atoms with E-state index < -0.39 is 10.1 Å². The average Bonchev–Trinajstić information content (AvgIpc) is 0.811. The van der Waals surface area contributed by atoms with Crippen molar-refractivity contribution >= 4 is 21.8 Å². The molecule has 4 heteroatoms. The molecule has 0 aromatic heterocycles. The summed E-state index contributed by atoms with van der Waals surface area (Å²) in [6, 6.07) is 0. The second kappa shape index (κ2) is 4.46. The van der Waals surface area contributed by atoms with Crippen LogP contribution in [-0.2, 0) is 10.1 Å². The van der Waals surface area contributed by atoms with Crippen LogP contribution in [0, 0.1) is 0 Å². The highest BCUT2D eigenvalue weighted by Crippen LogP contribution is 1.70. The fraction of sp³-hybridized carbons (Fsp3) is 1.00. The lowest BCUT2D eigenvalue weighted by Crippen LogP contribution is -1.60. The van der Waals surface area contributed by atoms with E-state index in [0.29, 0.717) is 0 Å². The van der Waals surface area contributed by atoms with E-state index in [4.69, 9.17) is 8.76 Å². The van der Waals surface area contributed by atoms with Crippen molar-refractivity contribution in [3.8, 4) is 0 Å². The summed E-state index contributed by atoms with van der Waals surface area (Å²) in [6.45, 7) is 0. The molecule has 0 heterocycles. The Morgan fingerprint density at radius 2 is 1.80 bits per heavy atom. The fourth-order valence-corrected chi connectivity index (χ4v) is 0. The van der Waals surface area contributed by atoms with Gasteiger partial charge in [0.05, 0.1) is 0 Å². The molecular weight excluding hydrogens is 108 g/mol. The van der Waals surface area contributed by atoms with Gasteiger partial charge in [0.25, 0.3) is 0 Å². The van der Waals surface area contributed by atoms with E-state index in [1.165, 1.54) is 0 Å². The molecule has 1 atom stereocenters. The molecule has 0 aliphatic heterocycles. The lowest BCUT2D eigenvalue weighted by molar-refractivity contribution is 0.581. The van der Waals surface area contributed by atoms with Crippen molar-refractivity contribution in [2.45, 2.75) is 7.43 Å². The zero-order valence-electron chi connectivity index (χ0n) is 1.71. The monoisotopic (exact) mass is 114 g/mol. The largest absolute Gasteiger partial charge is 0.298 e. The first-order valence-corrected chi connectivity index (χ1v) is 2.69. The third-order valence-corrected chi connectivity index (χ3v) is 0. The smallest absolute Gasteiger partial charge is 0.213 e. The Hall–Kier alpha value is 0.460. The van der Waals surface area contributed by atoms with E-state index in [2.05, 4.69) is 11.7 Å². The highest BCUT2D eigenvalue weighted by atomic mass is 33.1. The van der Waals surface area contributed by atoms with E-state index in [1.54, 1.807) is 0 Å². The number of rotatable bonds is 0. The van der Waals surface area contributed by atoms with Crippen LogP contribution in [0.25, 0.3) is 0 Å². The second-order valence-corrected chi connectivity index (χ2v) is 1.63. The minimum atomic E-state index is -1.92. The Morgan fingerprint density at radius 3 is 1.80 bits per heavy atom. The van der Waals surface area contributed by atoms with E-state index in [0.717, 1.165) is 0 Å². The first kappa shape index (κ1) is 9.07. The predicted molar refractivity (Wildman–Crippen MR) is 26.5 cm³/mol. The quantitative estimate of drug-likeness (QED) is 0.276. The molecule has 1 unspecified atom stereocenters. The SMILES string of the molecule is C.O=S(O)S. The van der Waals surface area contributed by atoms with Gasteiger partial charge in [-0.15, -0.1) is 0 Å². The molecule has 0 rings (SSSR count). The van der Waals surface area contributed by atoms with Crippen LogP contribution in [0.15, 0.2) is 0 Å². The fourth-order valence-electron chi connectivity index (χ4n) is 0. The minimum Gasteiger partial charge on any atom is -0.298 e. The summed E-state index contributed by atoms with van der Waals surface area (Å²) in [4.78, 5) is 0. The maximum Gasteiger partial charge on any atom is 0.213 e. The molecule has 0 saturated carbocycles. The van der Waals surface area contributed by atoms with E-state index >= 15 is 0 Å². The van der Waals surface area contributed by atoms with Gasteiger partial charge in [-0.3, -0.25) is 4.55 Å². The van der Waals surface area contributed by atoms with Crippen LogP contribution in [0.3, 0.4) is 0 Å². The summed E-state index contributed by atoms with van der Waals surface area (Å²) in [5, 5.41) is 0. The van der Waals surface area contributed by atoms with Gasteiger partial charge in [-0.25, -0.2) is 4.21 Å². The molecule has 0 aliphatic carbocycles. The van der Waals surface area contributed by atoms with Crippen molar-refractivity contribution in [1.82, 2.24) is 0 Å².